The summed E-state index contributed by atoms with van der Waals surface area (Å²) in [5.41, 5.74) is 8.85. The van der Waals surface area contributed by atoms with Crippen LogP contribution in [0.4, 0.5) is 11.8 Å². The number of aryl methyl sites for hydroxylation is 3. The van der Waals surface area contributed by atoms with Gasteiger partial charge in [0.1, 0.15) is 5.82 Å². The number of rotatable bonds is 4. The average Bonchev–Trinajstić information content (AvgIpc) is 3.25. The molecule has 1 fully saturated rings. The Morgan fingerprint density at radius 2 is 1.93 bits per heavy atom. The first kappa shape index (κ1) is 17.8. The Hall–Kier alpha value is -2.64. The Labute approximate surface area is 159 Å². The molecule has 0 aliphatic carbocycles. The topological polar surface area (TPSA) is 93.2 Å². The molecule has 8 heteroatoms. The molecule has 2 N–H and O–H groups in total. The number of nitrogens with zero attached hydrogens (tertiary/aromatic N) is 6. The van der Waals surface area contributed by atoms with Crippen LogP contribution in [0.5, 0.6) is 0 Å². The third-order valence-electron chi connectivity index (χ3n) is 5.30. The molecule has 144 valence electrons. The highest BCUT2D eigenvalue weighted by atomic mass is 16.2. The summed E-state index contributed by atoms with van der Waals surface area (Å²) in [6, 6.07) is 4.10. The van der Waals surface area contributed by atoms with Gasteiger partial charge in [-0.15, -0.1) is 0 Å². The van der Waals surface area contributed by atoms with E-state index in [0.29, 0.717) is 18.8 Å². The molecule has 0 atom stereocenters. The highest BCUT2D eigenvalue weighted by Gasteiger charge is 2.21. The van der Waals surface area contributed by atoms with Crippen LogP contribution < -0.4 is 10.6 Å². The minimum Gasteiger partial charge on any atom is -0.368 e. The molecule has 4 rings (SSSR count). The number of carbonyl (C=O) groups is 1. The fraction of sp³-hybridized carbons (Fsp3) is 0.579. The third kappa shape index (κ3) is 4.04. The molecule has 0 unspecified atom stereocenters. The average molecular weight is 369 g/mol. The van der Waals surface area contributed by atoms with Gasteiger partial charge in [-0.2, -0.15) is 10.1 Å². The van der Waals surface area contributed by atoms with Crippen LogP contribution >= 0.6 is 0 Å². The number of aromatic nitrogens is 4. The number of anilines is 2. The summed E-state index contributed by atoms with van der Waals surface area (Å²) in [6.07, 6.45) is 4.50. The molecule has 1 saturated heterocycles. The number of amides is 1. The van der Waals surface area contributed by atoms with E-state index in [4.69, 9.17) is 10.8 Å². The molecule has 0 radical (unpaired) electrons. The second-order valence-corrected chi connectivity index (χ2v) is 7.44. The maximum Gasteiger partial charge on any atom is 0.222 e. The second-order valence-electron chi connectivity index (χ2n) is 7.44. The van der Waals surface area contributed by atoms with Crippen molar-refractivity contribution in [2.24, 2.45) is 0 Å². The van der Waals surface area contributed by atoms with E-state index in [2.05, 4.69) is 25.6 Å². The molecule has 2 aromatic rings. The number of hydrogen-bond donors (Lipinski definition) is 1. The lowest BCUT2D eigenvalue weighted by molar-refractivity contribution is -0.130. The summed E-state index contributed by atoms with van der Waals surface area (Å²) in [7, 11) is 0. The van der Waals surface area contributed by atoms with E-state index < -0.39 is 0 Å². The fourth-order valence-corrected chi connectivity index (χ4v) is 3.94. The molecule has 27 heavy (non-hydrogen) atoms. The van der Waals surface area contributed by atoms with Gasteiger partial charge in [0.15, 0.2) is 0 Å². The summed E-state index contributed by atoms with van der Waals surface area (Å²) >= 11 is 0. The zero-order chi connectivity index (χ0) is 18.8. The lowest BCUT2D eigenvalue weighted by Gasteiger charge is -2.21. The van der Waals surface area contributed by atoms with Gasteiger partial charge in [-0.25, -0.2) is 4.98 Å². The lowest BCUT2D eigenvalue weighted by Crippen LogP contribution is -2.27. The van der Waals surface area contributed by atoms with Crippen molar-refractivity contribution in [3.63, 3.8) is 0 Å². The number of likely N-dealkylation sites (tertiary alicyclic amines) is 1. The number of nitrogen functional groups attached to an aromatic ring is 1. The molecule has 8 nitrogen and oxygen atoms in total. The van der Waals surface area contributed by atoms with Gasteiger partial charge in [-0.1, -0.05) is 0 Å². The van der Waals surface area contributed by atoms with Gasteiger partial charge in [0.05, 0.1) is 17.9 Å². The van der Waals surface area contributed by atoms with E-state index in [1.807, 2.05) is 17.9 Å². The monoisotopic (exact) mass is 369 g/mol. The van der Waals surface area contributed by atoms with Crippen LogP contribution in [0.3, 0.4) is 0 Å². The number of hydrogen-bond acceptors (Lipinski definition) is 6. The first-order valence-corrected chi connectivity index (χ1v) is 9.78. The van der Waals surface area contributed by atoms with E-state index in [9.17, 15) is 4.79 Å². The first-order valence-electron chi connectivity index (χ1n) is 9.78. The van der Waals surface area contributed by atoms with Gasteiger partial charge < -0.3 is 15.5 Å². The van der Waals surface area contributed by atoms with E-state index in [0.717, 1.165) is 74.9 Å². The van der Waals surface area contributed by atoms with Gasteiger partial charge in [0, 0.05) is 50.8 Å². The standard InChI is InChI=1S/C19H27N7O/c1-14-11-17(22-19(20)21-14)25-9-4-10-26-16(13-25)12-15(23-26)5-6-18(27)24-7-2-3-8-24/h11-12H,2-10,13H2,1H3,(H2,20,21,22). The maximum atomic E-state index is 12.3. The summed E-state index contributed by atoms with van der Waals surface area (Å²) in [6.45, 7) is 6.28. The molecular weight excluding hydrogens is 342 g/mol. The minimum absolute atomic E-state index is 0.254. The van der Waals surface area contributed by atoms with Crippen LogP contribution in [0, 0.1) is 6.92 Å². The van der Waals surface area contributed by atoms with Gasteiger partial charge in [0.25, 0.3) is 0 Å². The first-order chi connectivity index (χ1) is 13.1. The van der Waals surface area contributed by atoms with Crippen molar-refractivity contribution < 1.29 is 4.79 Å². The predicted molar refractivity (Wildman–Crippen MR) is 103 cm³/mol. The zero-order valence-electron chi connectivity index (χ0n) is 15.9. The predicted octanol–water partition coefficient (Wildman–Crippen LogP) is 1.53. The SMILES string of the molecule is Cc1cc(N2CCCn3nc(CCC(=O)N4CCCC4)cc3C2)nc(N)n1. The molecule has 0 bridgehead atoms. The smallest absolute Gasteiger partial charge is 0.222 e. The van der Waals surface area contributed by atoms with Gasteiger partial charge in [-0.3, -0.25) is 9.48 Å². The van der Waals surface area contributed by atoms with Crippen LogP contribution in [0.15, 0.2) is 12.1 Å². The Morgan fingerprint density at radius 1 is 1.11 bits per heavy atom. The minimum atomic E-state index is 0.254. The van der Waals surface area contributed by atoms with Crippen molar-refractivity contribution in [2.75, 3.05) is 30.3 Å². The van der Waals surface area contributed by atoms with Crippen molar-refractivity contribution in [2.45, 2.75) is 52.1 Å². The van der Waals surface area contributed by atoms with E-state index in [-0.39, 0.29) is 5.91 Å². The Kier molecular flexibility index (Phi) is 4.96. The normalized spacial score (nSPS) is 17.1. The van der Waals surface area contributed by atoms with Crippen molar-refractivity contribution in [1.29, 1.82) is 0 Å². The molecule has 4 heterocycles. The fourth-order valence-electron chi connectivity index (χ4n) is 3.94. The summed E-state index contributed by atoms with van der Waals surface area (Å²) in [4.78, 5) is 25.0. The van der Waals surface area contributed by atoms with Gasteiger partial charge in [0.2, 0.25) is 11.9 Å². The van der Waals surface area contributed by atoms with Crippen molar-refractivity contribution in [3.05, 3.63) is 29.2 Å². The molecule has 2 aliphatic rings. The Balaban J connectivity index is 1.44. The molecule has 2 aliphatic heterocycles. The quantitative estimate of drug-likeness (QED) is 0.878. The molecule has 0 aromatic carbocycles. The zero-order valence-corrected chi connectivity index (χ0v) is 15.9. The van der Waals surface area contributed by atoms with Crippen LogP contribution in [-0.2, 0) is 24.3 Å². The molecule has 0 spiro atoms. The maximum absolute atomic E-state index is 12.3. The van der Waals surface area contributed by atoms with E-state index >= 15 is 0 Å². The summed E-state index contributed by atoms with van der Waals surface area (Å²) < 4.78 is 2.08. The highest BCUT2D eigenvalue weighted by molar-refractivity contribution is 5.76. The Bertz CT molecular complexity index is 805. The number of nitrogens with two attached hydrogens (primary N) is 1. The second kappa shape index (κ2) is 7.54. The van der Waals surface area contributed by atoms with E-state index in [1.165, 1.54) is 0 Å². The summed E-state index contributed by atoms with van der Waals surface area (Å²) in [5.74, 6) is 1.42. The van der Waals surface area contributed by atoms with Crippen LogP contribution in [0.2, 0.25) is 0 Å². The summed E-state index contributed by atoms with van der Waals surface area (Å²) in [5, 5.41) is 4.73. The van der Waals surface area contributed by atoms with E-state index in [1.54, 1.807) is 0 Å². The largest absolute Gasteiger partial charge is 0.368 e. The van der Waals surface area contributed by atoms with Gasteiger partial charge >= 0.3 is 0 Å². The lowest BCUT2D eigenvalue weighted by atomic mass is 10.2. The van der Waals surface area contributed by atoms with Crippen molar-refractivity contribution >= 4 is 17.7 Å². The van der Waals surface area contributed by atoms with Crippen LogP contribution in [0.1, 0.15) is 42.8 Å². The van der Waals surface area contributed by atoms with Gasteiger partial charge in [-0.05, 0) is 32.3 Å². The molecule has 2 aromatic heterocycles. The molecule has 0 saturated carbocycles. The van der Waals surface area contributed by atoms with Crippen molar-refractivity contribution in [1.82, 2.24) is 24.6 Å². The molecule has 1 amide bonds. The Morgan fingerprint density at radius 3 is 2.70 bits per heavy atom. The van der Waals surface area contributed by atoms with Crippen LogP contribution in [-0.4, -0.2) is 50.2 Å². The van der Waals surface area contributed by atoms with Crippen molar-refractivity contribution in [3.8, 4) is 0 Å². The number of fused-ring (bicyclic) bond motifs is 1. The number of carbonyl (C=O) groups excluding carboxylic acids is 1. The third-order valence-corrected chi connectivity index (χ3v) is 5.30. The highest BCUT2D eigenvalue weighted by Crippen LogP contribution is 2.21. The van der Waals surface area contributed by atoms with Crippen LogP contribution in [0.25, 0.3) is 0 Å². The molecular formula is C19H27N7O.